The minimum Gasteiger partial charge on any atom is -0.352 e. The van der Waals surface area contributed by atoms with E-state index in [0.717, 1.165) is 42.0 Å². The van der Waals surface area contributed by atoms with Gasteiger partial charge in [0, 0.05) is 18.2 Å². The van der Waals surface area contributed by atoms with E-state index in [-0.39, 0.29) is 34.9 Å². The van der Waals surface area contributed by atoms with Crippen LogP contribution in [0.2, 0.25) is 0 Å². The molecule has 0 aliphatic heterocycles. The lowest BCUT2D eigenvalue weighted by molar-refractivity contribution is -0.139. The summed E-state index contributed by atoms with van der Waals surface area (Å²) in [6, 6.07) is 20.1. The summed E-state index contributed by atoms with van der Waals surface area (Å²) in [7, 11) is -4.15. The van der Waals surface area contributed by atoms with E-state index in [9.17, 15) is 22.4 Å². The Balaban J connectivity index is 1.68. The van der Waals surface area contributed by atoms with Gasteiger partial charge in [0.25, 0.3) is 10.0 Å². The highest BCUT2D eigenvalue weighted by molar-refractivity contribution is 7.92. The third-order valence-corrected chi connectivity index (χ3v) is 9.66. The van der Waals surface area contributed by atoms with Crippen LogP contribution in [0.5, 0.6) is 0 Å². The number of nitrogens with one attached hydrogen (secondary N) is 1. The molecule has 0 spiro atoms. The Bertz CT molecular complexity index is 1460. The number of benzene rings is 3. The number of anilines is 1. The molecule has 3 aromatic carbocycles. The SMILES string of the molecule is CC(C)c1ccc(N(CC(=O)N(Cc2ccccc2F)[C@@H](C)C(=O)NC2CCCCC2)S(=O)(=O)c2ccccc2)cc1. The predicted molar refractivity (Wildman–Crippen MR) is 163 cm³/mol. The van der Waals surface area contributed by atoms with E-state index in [0.29, 0.717) is 5.69 Å². The summed E-state index contributed by atoms with van der Waals surface area (Å²) in [6.45, 7) is 4.93. The van der Waals surface area contributed by atoms with Gasteiger partial charge in [0.05, 0.1) is 10.6 Å². The Hall–Kier alpha value is -3.72. The number of rotatable bonds is 11. The van der Waals surface area contributed by atoms with E-state index in [2.05, 4.69) is 5.32 Å². The minimum absolute atomic E-state index is 0.0218. The highest BCUT2D eigenvalue weighted by atomic mass is 32.2. The zero-order valence-corrected chi connectivity index (χ0v) is 25.3. The molecule has 2 amide bonds. The first-order valence-electron chi connectivity index (χ1n) is 14.6. The van der Waals surface area contributed by atoms with Gasteiger partial charge < -0.3 is 10.2 Å². The smallest absolute Gasteiger partial charge is 0.264 e. The normalized spacial score (nSPS) is 14.8. The molecular weight excluding hydrogens is 553 g/mol. The predicted octanol–water partition coefficient (Wildman–Crippen LogP) is 6.01. The Kier molecular flexibility index (Phi) is 10.4. The zero-order valence-electron chi connectivity index (χ0n) is 24.5. The molecule has 0 heterocycles. The second-order valence-electron chi connectivity index (χ2n) is 11.2. The van der Waals surface area contributed by atoms with Crippen LogP contribution in [0.3, 0.4) is 0 Å². The molecule has 224 valence electrons. The Morgan fingerprint density at radius 2 is 1.50 bits per heavy atom. The highest BCUT2D eigenvalue weighted by Gasteiger charge is 2.33. The average molecular weight is 594 g/mol. The third-order valence-electron chi connectivity index (χ3n) is 7.88. The first-order chi connectivity index (χ1) is 20.1. The van der Waals surface area contributed by atoms with Crippen molar-refractivity contribution in [3.05, 3.63) is 95.8 Å². The number of sulfonamides is 1. The van der Waals surface area contributed by atoms with Crippen molar-refractivity contribution in [1.29, 1.82) is 0 Å². The fourth-order valence-electron chi connectivity index (χ4n) is 5.24. The lowest BCUT2D eigenvalue weighted by Crippen LogP contribution is -2.53. The molecule has 1 N–H and O–H groups in total. The molecule has 3 aromatic rings. The van der Waals surface area contributed by atoms with Crippen LogP contribution in [0.15, 0.2) is 83.8 Å². The Morgan fingerprint density at radius 1 is 0.881 bits per heavy atom. The number of halogens is 1. The maximum atomic E-state index is 14.7. The van der Waals surface area contributed by atoms with E-state index in [1.165, 1.54) is 23.1 Å². The number of carbonyl (C=O) groups excluding carboxylic acids is 2. The molecular formula is C33H40FN3O4S. The van der Waals surface area contributed by atoms with Crippen molar-refractivity contribution in [2.45, 2.75) is 82.3 Å². The van der Waals surface area contributed by atoms with E-state index < -0.39 is 34.3 Å². The molecule has 0 bridgehead atoms. The molecule has 1 fully saturated rings. The van der Waals surface area contributed by atoms with Crippen LogP contribution in [0, 0.1) is 5.82 Å². The zero-order chi connectivity index (χ0) is 30.3. The van der Waals surface area contributed by atoms with Gasteiger partial charge in [-0.2, -0.15) is 0 Å². The van der Waals surface area contributed by atoms with Crippen molar-refractivity contribution < 1.29 is 22.4 Å². The van der Waals surface area contributed by atoms with Crippen LogP contribution in [0.1, 0.15) is 69.9 Å². The average Bonchev–Trinajstić information content (AvgIpc) is 3.00. The van der Waals surface area contributed by atoms with E-state index in [1.54, 1.807) is 55.5 Å². The van der Waals surface area contributed by atoms with E-state index in [1.807, 2.05) is 26.0 Å². The molecule has 1 aliphatic rings. The fraction of sp³-hybridized carbons (Fsp3) is 0.394. The van der Waals surface area contributed by atoms with Crippen LogP contribution < -0.4 is 9.62 Å². The Labute approximate surface area is 248 Å². The summed E-state index contributed by atoms with van der Waals surface area (Å²) in [5, 5.41) is 3.05. The molecule has 1 atom stereocenters. The maximum absolute atomic E-state index is 14.7. The van der Waals surface area contributed by atoms with Gasteiger partial charge in [0.2, 0.25) is 11.8 Å². The summed E-state index contributed by atoms with van der Waals surface area (Å²) in [4.78, 5) is 28.7. The van der Waals surface area contributed by atoms with Crippen molar-refractivity contribution in [1.82, 2.24) is 10.2 Å². The van der Waals surface area contributed by atoms with Crippen LogP contribution in [0.25, 0.3) is 0 Å². The number of hydrogen-bond acceptors (Lipinski definition) is 4. The van der Waals surface area contributed by atoms with Crippen molar-refractivity contribution in [2.75, 3.05) is 10.8 Å². The van der Waals surface area contributed by atoms with Crippen LogP contribution in [-0.4, -0.2) is 43.8 Å². The molecule has 0 saturated heterocycles. The molecule has 7 nitrogen and oxygen atoms in total. The quantitative estimate of drug-likeness (QED) is 0.295. The van der Waals surface area contributed by atoms with Gasteiger partial charge >= 0.3 is 0 Å². The molecule has 42 heavy (non-hydrogen) atoms. The maximum Gasteiger partial charge on any atom is 0.264 e. The number of amides is 2. The minimum atomic E-state index is -4.15. The van der Waals surface area contributed by atoms with Crippen molar-refractivity contribution in [3.63, 3.8) is 0 Å². The monoisotopic (exact) mass is 593 g/mol. The summed E-state index contributed by atoms with van der Waals surface area (Å²) in [6.07, 6.45) is 4.92. The first-order valence-corrected chi connectivity index (χ1v) is 16.0. The largest absolute Gasteiger partial charge is 0.352 e. The van der Waals surface area contributed by atoms with E-state index >= 15 is 0 Å². The standard InChI is InChI=1S/C33H40FN3O4S/c1-24(2)26-18-20-29(21-19-26)37(42(40,41)30-15-8-5-9-16-30)23-32(38)36(22-27-12-10-11-17-31(27)34)25(3)33(39)35-28-13-6-4-7-14-28/h5,8-12,15-21,24-25,28H,4,6-7,13-14,22-23H2,1-3H3,(H,35,39)/t25-/m0/s1. The van der Waals surface area contributed by atoms with Gasteiger partial charge in [-0.25, -0.2) is 12.8 Å². The third kappa shape index (κ3) is 7.56. The second-order valence-corrected chi connectivity index (χ2v) is 13.1. The van der Waals surface area contributed by atoms with Crippen LogP contribution >= 0.6 is 0 Å². The van der Waals surface area contributed by atoms with Gasteiger partial charge in [0.1, 0.15) is 18.4 Å². The lowest BCUT2D eigenvalue weighted by atomic mass is 9.95. The van der Waals surface area contributed by atoms with Gasteiger partial charge in [-0.15, -0.1) is 0 Å². The summed E-state index contributed by atoms with van der Waals surface area (Å²) >= 11 is 0. The number of hydrogen-bond donors (Lipinski definition) is 1. The first kappa shape index (κ1) is 31.2. The van der Waals surface area contributed by atoms with Gasteiger partial charge in [-0.05, 0) is 61.6 Å². The Morgan fingerprint density at radius 3 is 2.12 bits per heavy atom. The van der Waals surface area contributed by atoms with Crippen molar-refractivity contribution >= 4 is 27.5 Å². The van der Waals surface area contributed by atoms with E-state index in [4.69, 9.17) is 0 Å². The number of carbonyl (C=O) groups is 2. The molecule has 1 saturated carbocycles. The molecule has 4 rings (SSSR count). The summed E-state index contributed by atoms with van der Waals surface area (Å²) in [5.41, 5.74) is 1.58. The van der Waals surface area contributed by atoms with Crippen LogP contribution in [0.4, 0.5) is 10.1 Å². The molecule has 0 aromatic heterocycles. The highest BCUT2D eigenvalue weighted by Crippen LogP contribution is 2.27. The second kappa shape index (κ2) is 14.0. The molecule has 0 unspecified atom stereocenters. The topological polar surface area (TPSA) is 86.8 Å². The molecule has 1 aliphatic carbocycles. The lowest BCUT2D eigenvalue weighted by Gasteiger charge is -2.33. The molecule has 0 radical (unpaired) electrons. The van der Waals surface area contributed by atoms with Gasteiger partial charge in [-0.3, -0.25) is 13.9 Å². The van der Waals surface area contributed by atoms with Crippen molar-refractivity contribution in [2.24, 2.45) is 0 Å². The van der Waals surface area contributed by atoms with Crippen LogP contribution in [-0.2, 0) is 26.2 Å². The van der Waals surface area contributed by atoms with Crippen molar-refractivity contribution in [3.8, 4) is 0 Å². The summed E-state index contributed by atoms with van der Waals surface area (Å²) < 4.78 is 43.6. The van der Waals surface area contributed by atoms with Gasteiger partial charge in [0.15, 0.2) is 0 Å². The molecule has 9 heteroatoms. The number of nitrogens with zero attached hydrogens (tertiary/aromatic N) is 2. The van der Waals surface area contributed by atoms with Gasteiger partial charge in [-0.1, -0.05) is 81.6 Å². The fourth-order valence-corrected chi connectivity index (χ4v) is 6.67. The summed E-state index contributed by atoms with van der Waals surface area (Å²) in [5.74, 6) is -1.23.